The van der Waals surface area contributed by atoms with Crippen LogP contribution in [-0.4, -0.2) is 24.4 Å². The highest BCUT2D eigenvalue weighted by Gasteiger charge is 2.31. The quantitative estimate of drug-likeness (QED) is 0.172. The molecule has 6 rings (SSSR count). The molecule has 2 aliphatic rings. The molecule has 1 aliphatic carbocycles. The van der Waals surface area contributed by atoms with E-state index in [1.165, 1.54) is 49.9 Å². The van der Waals surface area contributed by atoms with E-state index < -0.39 is 27.6 Å². The SMILES string of the molecule is Cc1cc(CN2CCc3cc(S(=O)(=O)Nc4ccc(CCCC5CCCC5)cc4F)ccc3C2)c(C)n1-c1cccc(C(F)(F)F)c1. The molecular formula is C37H41F4N3O2S. The van der Waals surface area contributed by atoms with Gasteiger partial charge >= 0.3 is 6.18 Å². The lowest BCUT2D eigenvalue weighted by Crippen LogP contribution is -2.30. The van der Waals surface area contributed by atoms with Crippen molar-refractivity contribution in [1.82, 2.24) is 9.47 Å². The summed E-state index contributed by atoms with van der Waals surface area (Å²) in [5.74, 6) is 0.209. The number of anilines is 1. The number of aryl methyl sites for hydroxylation is 2. The van der Waals surface area contributed by atoms with Gasteiger partial charge in [-0.05, 0) is 110 Å². The molecule has 1 saturated carbocycles. The Morgan fingerprint density at radius 2 is 1.72 bits per heavy atom. The largest absolute Gasteiger partial charge is 0.416 e. The Morgan fingerprint density at radius 3 is 2.47 bits per heavy atom. The fourth-order valence-corrected chi connectivity index (χ4v) is 8.35. The van der Waals surface area contributed by atoms with Crippen molar-refractivity contribution >= 4 is 15.7 Å². The minimum absolute atomic E-state index is 0.0591. The topological polar surface area (TPSA) is 54.3 Å². The summed E-state index contributed by atoms with van der Waals surface area (Å²) in [5.41, 5.74) is 5.29. The molecule has 0 spiro atoms. The number of hydrogen-bond donors (Lipinski definition) is 1. The van der Waals surface area contributed by atoms with Gasteiger partial charge < -0.3 is 4.57 Å². The van der Waals surface area contributed by atoms with Crippen molar-refractivity contribution in [3.05, 3.63) is 112 Å². The lowest BCUT2D eigenvalue weighted by molar-refractivity contribution is -0.137. The molecule has 3 aromatic carbocycles. The van der Waals surface area contributed by atoms with Gasteiger partial charge in [-0.15, -0.1) is 0 Å². The highest BCUT2D eigenvalue weighted by atomic mass is 32.2. The van der Waals surface area contributed by atoms with Crippen LogP contribution < -0.4 is 4.72 Å². The van der Waals surface area contributed by atoms with Gasteiger partial charge in [0.05, 0.1) is 16.1 Å². The summed E-state index contributed by atoms with van der Waals surface area (Å²) in [6, 6.07) is 17.1. The molecule has 1 aromatic heterocycles. The Bertz CT molecular complexity index is 1860. The molecule has 0 amide bonds. The van der Waals surface area contributed by atoms with Crippen molar-refractivity contribution in [2.75, 3.05) is 11.3 Å². The van der Waals surface area contributed by atoms with Gasteiger partial charge in [0.2, 0.25) is 0 Å². The van der Waals surface area contributed by atoms with E-state index in [1.54, 1.807) is 24.3 Å². The Balaban J connectivity index is 1.10. The summed E-state index contributed by atoms with van der Waals surface area (Å²) in [5, 5.41) is 0. The minimum Gasteiger partial charge on any atom is -0.318 e. The zero-order valence-corrected chi connectivity index (χ0v) is 27.7. The Kier molecular flexibility index (Phi) is 9.54. The van der Waals surface area contributed by atoms with E-state index in [9.17, 15) is 26.0 Å². The molecule has 0 unspecified atom stereocenters. The maximum absolute atomic E-state index is 15.0. The molecule has 1 N–H and O–H groups in total. The first-order chi connectivity index (χ1) is 22.4. The monoisotopic (exact) mass is 667 g/mol. The van der Waals surface area contributed by atoms with E-state index in [0.717, 1.165) is 64.9 Å². The van der Waals surface area contributed by atoms with Crippen molar-refractivity contribution in [1.29, 1.82) is 0 Å². The average molecular weight is 668 g/mol. The van der Waals surface area contributed by atoms with E-state index in [1.807, 2.05) is 30.5 Å². The van der Waals surface area contributed by atoms with Gasteiger partial charge in [0.25, 0.3) is 10.0 Å². The van der Waals surface area contributed by atoms with Crippen molar-refractivity contribution in [3.8, 4) is 5.69 Å². The normalized spacial score (nSPS) is 16.0. The van der Waals surface area contributed by atoms with Crippen LogP contribution in [0, 0.1) is 25.6 Å². The first-order valence-corrected chi connectivity index (χ1v) is 17.9. The second-order valence-electron chi connectivity index (χ2n) is 13.1. The smallest absolute Gasteiger partial charge is 0.318 e. The first-order valence-electron chi connectivity index (χ1n) is 16.4. The summed E-state index contributed by atoms with van der Waals surface area (Å²) in [4.78, 5) is 2.34. The summed E-state index contributed by atoms with van der Waals surface area (Å²) in [7, 11) is -4.00. The molecule has 250 valence electrons. The van der Waals surface area contributed by atoms with Crippen LogP contribution in [0.3, 0.4) is 0 Å². The van der Waals surface area contributed by atoms with Gasteiger partial charge in [0, 0.05) is 36.7 Å². The van der Waals surface area contributed by atoms with Crippen LogP contribution in [0.25, 0.3) is 5.69 Å². The molecule has 10 heteroatoms. The fourth-order valence-electron chi connectivity index (χ4n) is 7.23. The van der Waals surface area contributed by atoms with Crippen LogP contribution >= 0.6 is 0 Å². The van der Waals surface area contributed by atoms with Gasteiger partial charge in [0.15, 0.2) is 0 Å². The summed E-state index contributed by atoms with van der Waals surface area (Å²) < 4.78 is 85.8. The van der Waals surface area contributed by atoms with Crippen molar-refractivity contribution in [2.24, 2.45) is 5.92 Å². The Labute approximate surface area is 274 Å². The van der Waals surface area contributed by atoms with E-state index in [2.05, 4.69) is 9.62 Å². The van der Waals surface area contributed by atoms with Crippen molar-refractivity contribution < 1.29 is 26.0 Å². The number of fused-ring (bicyclic) bond motifs is 1. The number of sulfonamides is 1. The molecule has 0 saturated heterocycles. The standard InChI is InChI=1S/C37H41F4N3O2S/c1-25-19-31(26(2)44(25)33-12-6-11-32(22-33)37(39,40)41)24-43-18-17-29-21-34(15-14-30(29)23-43)47(45,46)42-36-16-13-28(20-35(36)38)10-5-9-27-7-3-4-8-27/h6,11-16,19-22,27,42H,3-5,7-10,17-18,23-24H2,1-2H3. The third-order valence-corrected chi connectivity index (χ3v) is 11.1. The average Bonchev–Trinajstić information content (AvgIpc) is 3.64. The van der Waals surface area contributed by atoms with Gasteiger partial charge in [-0.2, -0.15) is 13.2 Å². The number of halogens is 4. The zero-order chi connectivity index (χ0) is 33.3. The minimum atomic E-state index is -4.42. The molecule has 0 radical (unpaired) electrons. The predicted octanol–water partition coefficient (Wildman–Crippen LogP) is 9.12. The van der Waals surface area contributed by atoms with E-state index in [0.29, 0.717) is 31.7 Å². The molecular weight excluding hydrogens is 626 g/mol. The van der Waals surface area contributed by atoms with Crippen LogP contribution in [-0.2, 0) is 42.1 Å². The highest BCUT2D eigenvalue weighted by Crippen LogP contribution is 2.33. The molecule has 1 aliphatic heterocycles. The van der Waals surface area contributed by atoms with Crippen LogP contribution in [0.1, 0.15) is 77.7 Å². The van der Waals surface area contributed by atoms with Crippen LogP contribution in [0.4, 0.5) is 23.2 Å². The van der Waals surface area contributed by atoms with Gasteiger partial charge in [0.1, 0.15) is 5.82 Å². The zero-order valence-electron chi connectivity index (χ0n) is 26.8. The summed E-state index contributed by atoms with van der Waals surface area (Å²) in [6.45, 7) is 5.70. The van der Waals surface area contributed by atoms with Gasteiger partial charge in [-0.3, -0.25) is 9.62 Å². The molecule has 5 nitrogen and oxygen atoms in total. The third kappa shape index (κ3) is 7.59. The van der Waals surface area contributed by atoms with E-state index >= 15 is 0 Å². The maximum atomic E-state index is 15.0. The summed E-state index contributed by atoms with van der Waals surface area (Å²) >= 11 is 0. The molecule has 1 fully saturated rings. The predicted molar refractivity (Wildman–Crippen MR) is 177 cm³/mol. The Hall–Kier alpha value is -3.63. The third-order valence-electron chi connectivity index (χ3n) is 9.77. The lowest BCUT2D eigenvalue weighted by Gasteiger charge is -2.29. The number of benzene rings is 3. The van der Waals surface area contributed by atoms with E-state index in [-0.39, 0.29) is 10.6 Å². The second-order valence-corrected chi connectivity index (χ2v) is 14.8. The van der Waals surface area contributed by atoms with E-state index in [4.69, 9.17) is 0 Å². The highest BCUT2D eigenvalue weighted by molar-refractivity contribution is 7.92. The van der Waals surface area contributed by atoms with Crippen LogP contribution in [0.5, 0.6) is 0 Å². The number of rotatable bonds is 10. The molecule has 0 atom stereocenters. The fraction of sp³-hybridized carbons (Fsp3) is 0.405. The second kappa shape index (κ2) is 13.5. The maximum Gasteiger partial charge on any atom is 0.416 e. The number of nitrogens with one attached hydrogen (secondary N) is 1. The van der Waals surface area contributed by atoms with Gasteiger partial charge in [-0.1, -0.05) is 50.3 Å². The molecule has 4 aromatic rings. The van der Waals surface area contributed by atoms with Gasteiger partial charge in [-0.25, -0.2) is 12.8 Å². The van der Waals surface area contributed by atoms with Crippen LogP contribution in [0.2, 0.25) is 0 Å². The first kappa shape index (κ1) is 33.3. The lowest BCUT2D eigenvalue weighted by atomic mass is 9.98. The number of aromatic nitrogens is 1. The number of alkyl halides is 3. The Morgan fingerprint density at radius 1 is 0.936 bits per heavy atom. The summed E-state index contributed by atoms with van der Waals surface area (Å²) in [6.07, 6.45) is 4.36. The molecule has 0 bridgehead atoms. The van der Waals surface area contributed by atoms with Crippen molar-refractivity contribution in [2.45, 2.75) is 89.4 Å². The van der Waals surface area contributed by atoms with Crippen molar-refractivity contribution in [3.63, 3.8) is 0 Å². The molecule has 2 heterocycles. The van der Waals surface area contributed by atoms with Crippen LogP contribution in [0.15, 0.2) is 71.6 Å². The number of nitrogens with zero attached hydrogens (tertiary/aromatic N) is 2. The number of hydrogen-bond acceptors (Lipinski definition) is 3. The molecule has 47 heavy (non-hydrogen) atoms.